The normalized spacial score (nSPS) is 16.0. The molecule has 0 radical (unpaired) electrons. The summed E-state index contributed by atoms with van der Waals surface area (Å²) in [5.41, 5.74) is 1.79. The highest BCUT2D eigenvalue weighted by Gasteiger charge is 2.50. The first-order valence-corrected chi connectivity index (χ1v) is 15.3. The number of pyridine rings is 1. The molecule has 47 heavy (non-hydrogen) atoms. The second-order valence-corrected chi connectivity index (χ2v) is 12.0. The Bertz CT molecular complexity index is 2230. The first-order chi connectivity index (χ1) is 22.7. The molecule has 1 N–H and O–H groups in total. The van der Waals surface area contributed by atoms with E-state index in [9.17, 15) is 14.7 Å². The molecule has 2 atom stereocenters. The molecule has 0 aliphatic heterocycles. The maximum atomic E-state index is 15.2. The number of imidazole rings is 2. The van der Waals surface area contributed by atoms with Crippen LogP contribution in [0.1, 0.15) is 33.6 Å². The number of aliphatic hydroxyl groups is 1. The molecule has 0 fully saturated rings. The number of para-hydroxylation sites is 1. The van der Waals surface area contributed by atoms with Crippen molar-refractivity contribution in [2.75, 3.05) is 14.1 Å². The number of carbonyl (C=O) groups excluding carboxylic acids is 3. The Labute approximate surface area is 270 Å². The Morgan fingerprint density at radius 1 is 0.957 bits per heavy atom. The van der Waals surface area contributed by atoms with Crippen molar-refractivity contribution in [3.8, 4) is 22.8 Å². The van der Waals surface area contributed by atoms with Gasteiger partial charge in [0.1, 0.15) is 11.6 Å². The van der Waals surface area contributed by atoms with E-state index in [2.05, 4.69) is 4.98 Å². The summed E-state index contributed by atoms with van der Waals surface area (Å²) in [4.78, 5) is 57.2. The number of Topliss-reactive ketones (excluding diaryl/α,β-unsaturated/α-hetero) is 1. The van der Waals surface area contributed by atoms with Gasteiger partial charge >= 0.3 is 0 Å². The Morgan fingerprint density at radius 2 is 1.72 bits per heavy atom. The van der Waals surface area contributed by atoms with Gasteiger partial charge in [-0.15, -0.1) is 0 Å². The van der Waals surface area contributed by atoms with Crippen LogP contribution < -0.4 is 0 Å². The van der Waals surface area contributed by atoms with Crippen LogP contribution in [0.15, 0.2) is 104 Å². The highest BCUT2D eigenvalue weighted by atomic mass is 16.3. The molecule has 1 aliphatic rings. The van der Waals surface area contributed by atoms with Gasteiger partial charge in [-0.25, -0.2) is 15.0 Å². The van der Waals surface area contributed by atoms with Crippen LogP contribution in [0.3, 0.4) is 0 Å². The minimum absolute atomic E-state index is 0.209. The van der Waals surface area contributed by atoms with Gasteiger partial charge in [-0.05, 0) is 42.3 Å². The molecule has 3 aromatic carbocycles. The van der Waals surface area contributed by atoms with Crippen molar-refractivity contribution >= 4 is 39.5 Å². The Hall–Kier alpha value is -5.74. The van der Waals surface area contributed by atoms with E-state index >= 15 is 4.79 Å². The Balaban J connectivity index is 1.55. The average molecular weight is 625 g/mol. The van der Waals surface area contributed by atoms with Gasteiger partial charge in [0.25, 0.3) is 11.8 Å². The molecule has 0 saturated carbocycles. The number of aromatic nitrogens is 5. The van der Waals surface area contributed by atoms with E-state index in [4.69, 9.17) is 9.97 Å². The second kappa shape index (κ2) is 11.6. The van der Waals surface area contributed by atoms with Crippen LogP contribution in [0.2, 0.25) is 0 Å². The van der Waals surface area contributed by atoms with Gasteiger partial charge in [0.05, 0.1) is 46.4 Å². The minimum atomic E-state index is -2.26. The first kappa shape index (κ1) is 29.9. The zero-order chi connectivity index (χ0) is 32.9. The van der Waals surface area contributed by atoms with Crippen LogP contribution in [-0.2, 0) is 17.4 Å². The average Bonchev–Trinajstić information content (AvgIpc) is 3.70. The van der Waals surface area contributed by atoms with Crippen molar-refractivity contribution in [1.82, 2.24) is 29.0 Å². The predicted octanol–water partition coefficient (Wildman–Crippen LogP) is 5.42. The number of hydrogen-bond acceptors (Lipinski definition) is 7. The molecule has 1 amide bonds. The van der Waals surface area contributed by atoms with Crippen molar-refractivity contribution in [3.63, 3.8) is 0 Å². The molecular weight excluding hydrogens is 592 g/mol. The molecule has 0 saturated heterocycles. The second-order valence-electron chi connectivity index (χ2n) is 12.0. The molecule has 234 valence electrons. The fourth-order valence-corrected chi connectivity index (χ4v) is 6.35. The monoisotopic (exact) mass is 624 g/mol. The van der Waals surface area contributed by atoms with E-state index in [-0.39, 0.29) is 29.5 Å². The highest BCUT2D eigenvalue weighted by Crippen LogP contribution is 2.40. The molecular formula is C37H32N6O4. The summed E-state index contributed by atoms with van der Waals surface area (Å²) in [7, 11) is 5.20. The van der Waals surface area contributed by atoms with E-state index in [1.165, 1.54) is 9.47 Å². The largest absolute Gasteiger partial charge is 0.374 e. The molecule has 0 bridgehead atoms. The summed E-state index contributed by atoms with van der Waals surface area (Å²) in [6.07, 6.45) is 7.60. The van der Waals surface area contributed by atoms with Crippen LogP contribution in [0.5, 0.6) is 0 Å². The van der Waals surface area contributed by atoms with Gasteiger partial charge in [0, 0.05) is 44.1 Å². The zero-order valence-corrected chi connectivity index (χ0v) is 26.2. The number of carbonyl (C=O) groups is 3. The molecule has 10 heteroatoms. The fourth-order valence-electron chi connectivity index (χ4n) is 6.35. The topological polar surface area (TPSA) is 123 Å². The van der Waals surface area contributed by atoms with Crippen LogP contribution in [0, 0.1) is 5.92 Å². The van der Waals surface area contributed by atoms with Gasteiger partial charge in [0.2, 0.25) is 0 Å². The molecule has 10 nitrogen and oxygen atoms in total. The summed E-state index contributed by atoms with van der Waals surface area (Å²) in [6, 6.07) is 22.9. The summed E-state index contributed by atoms with van der Waals surface area (Å²) < 4.78 is 3.24. The smallest absolute Gasteiger partial charge is 0.270 e. The van der Waals surface area contributed by atoms with Crippen molar-refractivity contribution in [3.05, 3.63) is 115 Å². The van der Waals surface area contributed by atoms with Crippen LogP contribution in [-0.4, -0.2) is 65.8 Å². The molecule has 1 aliphatic carbocycles. The number of aryl methyl sites for hydroxylation is 1. The maximum absolute atomic E-state index is 15.2. The third kappa shape index (κ3) is 4.94. The number of allylic oxidation sites excluding steroid dienone is 1. The fraction of sp³-hybridized carbons (Fsp3) is 0.189. The van der Waals surface area contributed by atoms with Crippen molar-refractivity contribution in [1.29, 1.82) is 0 Å². The standard InChI is InChI=1S/C37H32N6O4/c1-41(2)35(45)23-17-18-31-29(19-23)40-34(26-20-30(32-21-38-22-42(32)3)39-28-15-9-7-13-25(26)28)43(31)36(46)37(47,24-11-5-4-6-12-24)27-14-8-10-16-33(27)44/h4-9,11-15,17-22,27,47H,10,16H2,1-3H3. The van der Waals surface area contributed by atoms with E-state index in [0.29, 0.717) is 39.8 Å². The van der Waals surface area contributed by atoms with E-state index < -0.39 is 17.4 Å². The number of rotatable bonds is 6. The number of fused-ring (bicyclic) bond motifs is 2. The number of benzene rings is 3. The van der Waals surface area contributed by atoms with Crippen LogP contribution >= 0.6 is 0 Å². The lowest BCUT2D eigenvalue weighted by atomic mass is 9.75. The van der Waals surface area contributed by atoms with Gasteiger partial charge in [-0.1, -0.05) is 60.7 Å². The molecule has 6 aromatic rings. The molecule has 3 aromatic heterocycles. The number of hydrogen-bond donors (Lipinski definition) is 1. The number of nitrogens with zero attached hydrogens (tertiary/aromatic N) is 6. The van der Waals surface area contributed by atoms with Crippen molar-refractivity contribution in [2.24, 2.45) is 13.0 Å². The molecule has 0 spiro atoms. The van der Waals surface area contributed by atoms with Crippen LogP contribution in [0.25, 0.3) is 44.7 Å². The van der Waals surface area contributed by atoms with Crippen molar-refractivity contribution < 1.29 is 19.5 Å². The number of ketones is 1. The zero-order valence-electron chi connectivity index (χ0n) is 26.2. The van der Waals surface area contributed by atoms with Gasteiger partial charge < -0.3 is 14.6 Å². The van der Waals surface area contributed by atoms with Crippen molar-refractivity contribution in [2.45, 2.75) is 18.4 Å². The Kier molecular flexibility index (Phi) is 7.37. The minimum Gasteiger partial charge on any atom is -0.374 e. The summed E-state index contributed by atoms with van der Waals surface area (Å²) in [5.74, 6) is -2.07. The SMILES string of the molecule is CN(C)C(=O)c1ccc2c(c1)nc(-c1cc(-c3cncn3C)nc3ccccc13)n2C(=O)C(O)(c1ccccc1)C1C=CCCC1=O. The lowest BCUT2D eigenvalue weighted by Gasteiger charge is -2.34. The van der Waals surface area contributed by atoms with E-state index in [1.54, 1.807) is 81.2 Å². The summed E-state index contributed by atoms with van der Waals surface area (Å²) in [5, 5.41) is 13.4. The maximum Gasteiger partial charge on any atom is 0.270 e. The first-order valence-electron chi connectivity index (χ1n) is 15.3. The quantitative estimate of drug-likeness (QED) is 0.246. The highest BCUT2D eigenvalue weighted by molar-refractivity contribution is 6.07. The van der Waals surface area contributed by atoms with E-state index in [0.717, 1.165) is 11.1 Å². The summed E-state index contributed by atoms with van der Waals surface area (Å²) in [6.45, 7) is 0. The summed E-state index contributed by atoms with van der Waals surface area (Å²) >= 11 is 0. The molecule has 7 rings (SSSR count). The van der Waals surface area contributed by atoms with Crippen LogP contribution in [0.4, 0.5) is 0 Å². The van der Waals surface area contributed by atoms with E-state index in [1.807, 2.05) is 48.0 Å². The molecule has 3 heterocycles. The third-order valence-corrected chi connectivity index (χ3v) is 8.77. The number of amides is 1. The Morgan fingerprint density at radius 3 is 2.45 bits per heavy atom. The predicted molar refractivity (Wildman–Crippen MR) is 179 cm³/mol. The third-order valence-electron chi connectivity index (χ3n) is 8.77. The van der Waals surface area contributed by atoms with Gasteiger partial charge in [-0.2, -0.15) is 0 Å². The molecule has 2 unspecified atom stereocenters. The van der Waals surface area contributed by atoms with Gasteiger partial charge in [0.15, 0.2) is 5.60 Å². The van der Waals surface area contributed by atoms with Gasteiger partial charge in [-0.3, -0.25) is 19.0 Å². The lowest BCUT2D eigenvalue weighted by molar-refractivity contribution is -0.128. The lowest BCUT2D eigenvalue weighted by Crippen LogP contribution is -2.49.